The van der Waals surface area contributed by atoms with Gasteiger partial charge < -0.3 is 10.0 Å². The largest absolute Gasteiger partial charge is 0.481 e. The number of rotatable bonds is 2. The molecular formula is C13H14N2O2S. The van der Waals surface area contributed by atoms with Gasteiger partial charge in [0.25, 0.3) is 0 Å². The summed E-state index contributed by atoms with van der Waals surface area (Å²) in [7, 11) is 0. The number of aliphatic imine (C=N–C) groups is 1. The van der Waals surface area contributed by atoms with Crippen LogP contribution >= 0.6 is 11.8 Å². The Bertz CT molecular complexity index is 515. The molecule has 0 aromatic heterocycles. The zero-order chi connectivity index (χ0) is 12.5. The number of thioether (sulfide) groups is 1. The van der Waals surface area contributed by atoms with E-state index in [9.17, 15) is 4.79 Å². The molecule has 0 bridgehead atoms. The van der Waals surface area contributed by atoms with Crippen LogP contribution < -0.4 is 0 Å². The number of fused-ring (bicyclic) bond motifs is 3. The van der Waals surface area contributed by atoms with Crippen LogP contribution in [0, 0.1) is 0 Å². The van der Waals surface area contributed by atoms with Crippen molar-refractivity contribution in [2.75, 3.05) is 18.8 Å². The fourth-order valence-corrected chi connectivity index (χ4v) is 3.39. The Kier molecular flexibility index (Phi) is 2.99. The molecule has 5 heteroatoms. The van der Waals surface area contributed by atoms with Crippen LogP contribution in [0.5, 0.6) is 0 Å². The summed E-state index contributed by atoms with van der Waals surface area (Å²) in [6.45, 7) is 1.69. The maximum atomic E-state index is 10.6. The molecule has 1 atom stereocenters. The lowest BCUT2D eigenvalue weighted by atomic mass is 9.94. The second-order valence-electron chi connectivity index (χ2n) is 4.46. The van der Waals surface area contributed by atoms with Crippen LogP contribution in [0.1, 0.15) is 17.2 Å². The molecule has 0 fully saturated rings. The summed E-state index contributed by atoms with van der Waals surface area (Å²) in [4.78, 5) is 17.4. The molecule has 1 N–H and O–H groups in total. The number of carbonyl (C=O) groups is 1. The van der Waals surface area contributed by atoms with Gasteiger partial charge in [-0.3, -0.25) is 9.79 Å². The highest BCUT2D eigenvalue weighted by Crippen LogP contribution is 2.35. The van der Waals surface area contributed by atoms with Crippen molar-refractivity contribution in [3.8, 4) is 0 Å². The summed E-state index contributed by atoms with van der Waals surface area (Å²) in [5, 5.41) is 9.62. The number of nitrogens with zero attached hydrogens (tertiary/aromatic N) is 2. The number of amidine groups is 1. The molecule has 2 heterocycles. The number of hydrogen-bond acceptors (Lipinski definition) is 4. The van der Waals surface area contributed by atoms with E-state index in [0.29, 0.717) is 6.04 Å². The van der Waals surface area contributed by atoms with Gasteiger partial charge in [0.1, 0.15) is 0 Å². The molecule has 94 valence electrons. The first-order valence-electron chi connectivity index (χ1n) is 5.99. The van der Waals surface area contributed by atoms with Crippen LogP contribution in [0.15, 0.2) is 29.3 Å². The minimum absolute atomic E-state index is 0.0870. The van der Waals surface area contributed by atoms with E-state index in [1.807, 2.05) is 0 Å². The first kappa shape index (κ1) is 11.6. The minimum Gasteiger partial charge on any atom is -0.481 e. The normalized spacial score (nSPS) is 21.2. The molecule has 0 radical (unpaired) electrons. The topological polar surface area (TPSA) is 52.9 Å². The summed E-state index contributed by atoms with van der Waals surface area (Å²) in [6, 6.07) is 8.78. The van der Waals surface area contributed by atoms with Crippen LogP contribution in [0.4, 0.5) is 0 Å². The predicted octanol–water partition coefficient (Wildman–Crippen LogP) is 1.77. The van der Waals surface area contributed by atoms with Crippen LogP contribution in [0.3, 0.4) is 0 Å². The molecule has 0 saturated heterocycles. The molecule has 4 nitrogen and oxygen atoms in total. The van der Waals surface area contributed by atoms with Gasteiger partial charge in [-0.05, 0) is 17.5 Å². The quantitative estimate of drug-likeness (QED) is 0.882. The van der Waals surface area contributed by atoms with Crippen molar-refractivity contribution < 1.29 is 9.90 Å². The van der Waals surface area contributed by atoms with Gasteiger partial charge in [-0.25, -0.2) is 0 Å². The Morgan fingerprint density at radius 2 is 2.33 bits per heavy atom. The fourth-order valence-electron chi connectivity index (χ4n) is 2.59. The van der Waals surface area contributed by atoms with Crippen molar-refractivity contribution in [1.29, 1.82) is 0 Å². The molecule has 1 unspecified atom stereocenters. The third kappa shape index (κ3) is 1.99. The lowest BCUT2D eigenvalue weighted by Crippen LogP contribution is -2.35. The van der Waals surface area contributed by atoms with Crippen molar-refractivity contribution in [2.24, 2.45) is 4.99 Å². The average molecular weight is 262 g/mol. The Morgan fingerprint density at radius 3 is 3.17 bits per heavy atom. The van der Waals surface area contributed by atoms with Crippen LogP contribution in [-0.2, 0) is 11.2 Å². The third-order valence-corrected chi connectivity index (χ3v) is 4.40. The van der Waals surface area contributed by atoms with Crippen molar-refractivity contribution >= 4 is 22.9 Å². The Labute approximate surface area is 110 Å². The molecule has 0 saturated carbocycles. The number of aliphatic carboxylic acids is 1. The van der Waals surface area contributed by atoms with Gasteiger partial charge in [0.05, 0.1) is 18.3 Å². The van der Waals surface area contributed by atoms with Crippen LogP contribution in [-0.4, -0.2) is 40.0 Å². The third-order valence-electron chi connectivity index (χ3n) is 3.38. The first-order chi connectivity index (χ1) is 8.75. The van der Waals surface area contributed by atoms with Gasteiger partial charge in [-0.15, -0.1) is 0 Å². The molecule has 0 aliphatic carbocycles. The highest BCUT2D eigenvalue weighted by molar-refractivity contribution is 8.14. The lowest BCUT2D eigenvalue weighted by molar-refractivity contribution is -0.133. The van der Waals surface area contributed by atoms with Gasteiger partial charge >= 0.3 is 5.97 Å². The molecule has 3 rings (SSSR count). The molecule has 1 aromatic rings. The van der Waals surface area contributed by atoms with Crippen molar-refractivity contribution in [3.63, 3.8) is 0 Å². The molecule has 2 aliphatic rings. The second-order valence-corrected chi connectivity index (χ2v) is 5.41. The average Bonchev–Trinajstić information content (AvgIpc) is 2.80. The number of carboxylic acid groups (broad SMARTS) is 1. The summed E-state index contributed by atoms with van der Waals surface area (Å²) in [6.07, 6.45) is 1.01. The van der Waals surface area contributed by atoms with Crippen molar-refractivity contribution in [3.05, 3.63) is 35.4 Å². The minimum atomic E-state index is -0.788. The molecule has 0 amide bonds. The smallest absolute Gasteiger partial charge is 0.313 e. The van der Waals surface area contributed by atoms with Gasteiger partial charge in [0.2, 0.25) is 0 Å². The highest BCUT2D eigenvalue weighted by atomic mass is 32.2. The van der Waals surface area contributed by atoms with E-state index in [1.165, 1.54) is 22.9 Å². The first-order valence-corrected chi connectivity index (χ1v) is 6.98. The molecular weight excluding hydrogens is 248 g/mol. The Balaban J connectivity index is 1.78. The monoisotopic (exact) mass is 262 g/mol. The van der Waals surface area contributed by atoms with E-state index >= 15 is 0 Å². The summed E-state index contributed by atoms with van der Waals surface area (Å²) in [5.41, 5.74) is 2.75. The van der Waals surface area contributed by atoms with E-state index in [4.69, 9.17) is 5.11 Å². The zero-order valence-corrected chi connectivity index (χ0v) is 10.7. The standard InChI is InChI=1S/C13H14N2O2S/c16-12(17)8-18-13-14-7-11-10-4-2-1-3-9(10)5-6-15(11)13/h1-4,11H,5-8H2,(H,16,17). The van der Waals surface area contributed by atoms with Crippen molar-refractivity contribution in [1.82, 2.24) is 4.90 Å². The van der Waals surface area contributed by atoms with E-state index in [1.54, 1.807) is 0 Å². The second kappa shape index (κ2) is 4.65. The molecule has 18 heavy (non-hydrogen) atoms. The fraction of sp³-hybridized carbons (Fsp3) is 0.385. The highest BCUT2D eigenvalue weighted by Gasteiger charge is 2.33. The van der Waals surface area contributed by atoms with E-state index in [-0.39, 0.29) is 5.75 Å². The lowest BCUT2D eigenvalue weighted by Gasteiger charge is -2.33. The maximum absolute atomic E-state index is 10.6. The predicted molar refractivity (Wildman–Crippen MR) is 72.0 cm³/mol. The number of benzene rings is 1. The number of carboxylic acids is 1. The molecule has 0 spiro atoms. The van der Waals surface area contributed by atoms with Gasteiger partial charge in [-0.2, -0.15) is 0 Å². The zero-order valence-electron chi connectivity index (χ0n) is 9.87. The van der Waals surface area contributed by atoms with Gasteiger partial charge in [0, 0.05) is 6.54 Å². The van der Waals surface area contributed by atoms with Crippen LogP contribution in [0.25, 0.3) is 0 Å². The van der Waals surface area contributed by atoms with E-state index < -0.39 is 5.97 Å². The Hall–Kier alpha value is -1.49. The Morgan fingerprint density at radius 1 is 1.50 bits per heavy atom. The molecule has 2 aliphatic heterocycles. The van der Waals surface area contributed by atoms with Crippen molar-refractivity contribution in [2.45, 2.75) is 12.5 Å². The maximum Gasteiger partial charge on any atom is 0.313 e. The summed E-state index contributed by atoms with van der Waals surface area (Å²) < 4.78 is 0. The summed E-state index contributed by atoms with van der Waals surface area (Å²) >= 11 is 1.33. The summed E-state index contributed by atoms with van der Waals surface area (Å²) in [5.74, 6) is -0.701. The van der Waals surface area contributed by atoms with Crippen LogP contribution in [0.2, 0.25) is 0 Å². The number of hydrogen-bond donors (Lipinski definition) is 1. The SMILES string of the molecule is O=C(O)CSC1=NCC2c3ccccc3CCN12. The van der Waals surface area contributed by atoms with E-state index in [2.05, 4.69) is 34.2 Å². The van der Waals surface area contributed by atoms with Gasteiger partial charge in [-0.1, -0.05) is 36.0 Å². The van der Waals surface area contributed by atoms with E-state index in [0.717, 1.165) is 24.7 Å². The molecule has 1 aromatic carbocycles. The van der Waals surface area contributed by atoms with Gasteiger partial charge in [0.15, 0.2) is 5.17 Å².